The number of nitrogens with one attached hydrogen (secondary N) is 2. The van der Waals surface area contributed by atoms with Crippen molar-refractivity contribution in [1.29, 1.82) is 0 Å². The van der Waals surface area contributed by atoms with Crippen LogP contribution in [0.3, 0.4) is 0 Å². The number of nitrogens with zero attached hydrogens (tertiary/aromatic N) is 5. The molecule has 4 heterocycles. The molecule has 2 aliphatic rings. The number of hydrogen-bond donors (Lipinski definition) is 3. The number of rotatable bonds is 8. The monoisotopic (exact) mass is 534 g/mol. The molecule has 1 fully saturated rings. The third-order valence-electron chi connectivity index (χ3n) is 4.48. The number of thioether (sulfide) groups is 2. The molecule has 0 saturated carbocycles. The zero-order valence-corrected chi connectivity index (χ0v) is 22.6. The molecular weight excluding hydrogens is 519 g/mol. The van der Waals surface area contributed by atoms with Gasteiger partial charge in [0.05, 0.1) is 6.20 Å². The fourth-order valence-electron chi connectivity index (χ4n) is 3.11. The minimum atomic E-state index is -0.848. The normalized spacial score (nSPS) is 20.0. The summed E-state index contributed by atoms with van der Waals surface area (Å²) >= 11 is 8.84. The predicted molar refractivity (Wildman–Crippen MR) is 122 cm³/mol. The average Bonchev–Trinajstić information content (AvgIpc) is 3.45. The van der Waals surface area contributed by atoms with Crippen LogP contribution in [0.15, 0.2) is 33.0 Å². The molecule has 4 rings (SSSR count). The Morgan fingerprint density at radius 3 is 2.97 bits per heavy atom. The van der Waals surface area contributed by atoms with E-state index >= 15 is 0 Å². The third-order valence-corrected chi connectivity index (χ3v) is 7.67. The van der Waals surface area contributed by atoms with E-state index in [1.807, 2.05) is 0 Å². The summed E-state index contributed by atoms with van der Waals surface area (Å²) in [6.07, 6.45) is 1.56. The first-order valence-corrected chi connectivity index (χ1v) is 12.2. The molecule has 2 aromatic rings. The van der Waals surface area contributed by atoms with Crippen LogP contribution in [0.1, 0.15) is 5.69 Å². The first kappa shape index (κ1) is 25.9. The van der Waals surface area contributed by atoms with Gasteiger partial charge in [-0.05, 0) is 10.6 Å². The summed E-state index contributed by atoms with van der Waals surface area (Å²) in [4.78, 5) is 35.8. The molecular formula is C16H15N8NaO4S4. The van der Waals surface area contributed by atoms with Crippen LogP contribution in [0.25, 0.3) is 0 Å². The van der Waals surface area contributed by atoms with Crippen LogP contribution in [-0.2, 0) is 14.4 Å². The molecule has 12 nitrogen and oxygen atoms in total. The van der Waals surface area contributed by atoms with Gasteiger partial charge in [0.1, 0.15) is 29.2 Å². The van der Waals surface area contributed by atoms with Crippen LogP contribution in [0.4, 0.5) is 5.13 Å². The summed E-state index contributed by atoms with van der Waals surface area (Å²) in [7, 11) is 1.29. The van der Waals surface area contributed by atoms with Crippen LogP contribution < -0.4 is 45.7 Å². The minimum Gasteiger partial charge on any atom is -0.863 e. The van der Waals surface area contributed by atoms with Crippen molar-refractivity contribution in [3.63, 3.8) is 0 Å². The Labute approximate surface area is 227 Å². The number of aromatic nitrogens is 4. The van der Waals surface area contributed by atoms with Crippen LogP contribution >= 0.6 is 47.1 Å². The van der Waals surface area contributed by atoms with Gasteiger partial charge < -0.3 is 21.0 Å². The number of fused-ring (bicyclic) bond motifs is 1. The molecule has 0 aromatic carbocycles. The van der Waals surface area contributed by atoms with Crippen LogP contribution in [0, 0.1) is 0 Å². The number of β-lactam (4-membered cyclic amide) rings is 1. The Morgan fingerprint density at radius 1 is 1.58 bits per heavy atom. The van der Waals surface area contributed by atoms with E-state index in [-0.39, 0.29) is 51.8 Å². The van der Waals surface area contributed by atoms with Gasteiger partial charge >= 0.3 is 29.6 Å². The Bertz CT molecular complexity index is 1120. The van der Waals surface area contributed by atoms with Crippen molar-refractivity contribution in [2.75, 3.05) is 24.3 Å². The van der Waals surface area contributed by atoms with Gasteiger partial charge in [0.2, 0.25) is 0 Å². The maximum atomic E-state index is 12.9. The SMILES string of the molecule is CO/N=C(/C(=O)N[C@@H]1C(=O)N2C(C([O-])=S)=C(CSc3cn[nH]n3)CS[C@H]12)c1csc(N)n1.[Na+]. The zero-order valence-electron chi connectivity index (χ0n) is 17.3. The molecule has 0 unspecified atom stereocenters. The average molecular weight is 535 g/mol. The number of aromatic amines is 1. The van der Waals surface area contributed by atoms with Crippen LogP contribution in [0.5, 0.6) is 0 Å². The summed E-state index contributed by atoms with van der Waals surface area (Å²) in [5.41, 5.74) is 6.68. The van der Waals surface area contributed by atoms with Crippen molar-refractivity contribution in [3.8, 4) is 0 Å². The van der Waals surface area contributed by atoms with Gasteiger partial charge in [-0.3, -0.25) is 14.5 Å². The number of carbonyl (C=O) groups excluding carboxylic acids is 2. The van der Waals surface area contributed by atoms with Crippen LogP contribution in [0.2, 0.25) is 0 Å². The second kappa shape index (κ2) is 11.2. The molecule has 168 valence electrons. The topological polar surface area (TPSA) is 175 Å². The van der Waals surface area contributed by atoms with Crippen molar-refractivity contribution in [3.05, 3.63) is 28.5 Å². The molecule has 0 radical (unpaired) electrons. The fourth-order valence-corrected chi connectivity index (χ4v) is 6.17. The number of carbonyl (C=O) groups is 2. The van der Waals surface area contributed by atoms with Crippen molar-refractivity contribution in [2.24, 2.45) is 5.16 Å². The van der Waals surface area contributed by atoms with Gasteiger partial charge in [-0.25, -0.2) is 4.98 Å². The molecule has 4 N–H and O–H groups in total. The molecule has 2 atom stereocenters. The summed E-state index contributed by atoms with van der Waals surface area (Å²) in [5, 5.41) is 30.2. The standard InChI is InChI=1S/C16H16N8O4S4.Na/c1-28-22-9(7-5-32-16(17)19-7)12(25)20-10-13(26)24-11(15(27)29)6(4-31-14(10)24)3-30-8-2-18-23-21-8;/h2,5,10,14H,3-4H2,1H3,(H2,17,19)(H,20,25)(H,27,29)(H,18,21,23);/q;+1/p-1/b22-9+;/t10-,14-;/m1./s1. The van der Waals surface area contributed by atoms with E-state index in [1.54, 1.807) is 11.6 Å². The summed E-state index contributed by atoms with van der Waals surface area (Å²) < 4.78 is 0. The van der Waals surface area contributed by atoms with E-state index in [4.69, 9.17) is 22.8 Å². The van der Waals surface area contributed by atoms with Crippen LogP contribution in [-0.4, -0.2) is 77.9 Å². The number of oxime groups is 1. The van der Waals surface area contributed by atoms with E-state index in [1.165, 1.54) is 35.5 Å². The molecule has 2 amide bonds. The van der Waals surface area contributed by atoms with Crippen molar-refractivity contribution >= 4 is 74.8 Å². The molecule has 0 spiro atoms. The number of nitrogens with two attached hydrogens (primary N) is 1. The molecule has 1 saturated heterocycles. The Hall–Kier alpha value is -1.69. The number of amides is 2. The number of anilines is 1. The van der Waals surface area contributed by atoms with Gasteiger partial charge in [-0.2, -0.15) is 10.3 Å². The molecule has 0 aliphatic carbocycles. The number of thiocarbonyl (C=S) groups is 1. The first-order valence-electron chi connectivity index (χ1n) is 8.90. The van der Waals surface area contributed by atoms with E-state index in [0.717, 1.165) is 16.9 Å². The summed E-state index contributed by atoms with van der Waals surface area (Å²) in [6, 6.07) is -0.848. The quantitative estimate of drug-likeness (QED) is 0.0760. The molecule has 2 aromatic heterocycles. The second-order valence-corrected chi connectivity index (χ2v) is 9.75. The smallest absolute Gasteiger partial charge is 0.863 e. The van der Waals surface area contributed by atoms with E-state index in [2.05, 4.69) is 30.9 Å². The number of thiazole rings is 1. The maximum Gasteiger partial charge on any atom is 1.00 e. The summed E-state index contributed by atoms with van der Waals surface area (Å²) in [6.45, 7) is 0. The van der Waals surface area contributed by atoms with E-state index in [0.29, 0.717) is 16.5 Å². The van der Waals surface area contributed by atoms with Gasteiger partial charge in [-0.15, -0.1) is 28.2 Å². The summed E-state index contributed by atoms with van der Waals surface area (Å²) in [5.74, 6) is -0.160. The Balaban J connectivity index is 0.00000306. The minimum absolute atomic E-state index is 0. The molecule has 17 heteroatoms. The molecule has 0 bridgehead atoms. The Morgan fingerprint density at radius 2 is 2.36 bits per heavy atom. The fraction of sp³-hybridized carbons (Fsp3) is 0.312. The van der Waals surface area contributed by atoms with E-state index < -0.39 is 28.3 Å². The van der Waals surface area contributed by atoms with Gasteiger partial charge in [0.25, 0.3) is 11.8 Å². The Kier molecular flexibility index (Phi) is 8.76. The number of hydrogen-bond acceptors (Lipinski definition) is 13. The van der Waals surface area contributed by atoms with E-state index in [9.17, 15) is 14.7 Å². The van der Waals surface area contributed by atoms with Gasteiger partial charge in [0.15, 0.2) is 10.8 Å². The largest absolute Gasteiger partial charge is 1.00 e. The maximum absolute atomic E-state index is 12.9. The molecule has 2 aliphatic heterocycles. The van der Waals surface area contributed by atoms with Crippen molar-refractivity contribution < 1.29 is 49.1 Å². The van der Waals surface area contributed by atoms with Gasteiger partial charge in [0, 0.05) is 22.6 Å². The van der Waals surface area contributed by atoms with Crippen molar-refractivity contribution in [2.45, 2.75) is 16.4 Å². The number of H-pyrrole nitrogens is 1. The zero-order chi connectivity index (χ0) is 22.8. The first-order chi connectivity index (χ1) is 15.4. The van der Waals surface area contributed by atoms with Gasteiger partial charge in [-0.1, -0.05) is 29.1 Å². The second-order valence-electron chi connectivity index (χ2n) is 6.39. The molecule has 33 heavy (non-hydrogen) atoms. The number of nitrogen functional groups attached to an aromatic ring is 1. The predicted octanol–water partition coefficient (Wildman–Crippen LogP) is -3.67. The third kappa shape index (κ3) is 5.36. The van der Waals surface area contributed by atoms with Crippen molar-refractivity contribution in [1.82, 2.24) is 30.6 Å².